The Bertz CT molecular complexity index is 608. The van der Waals surface area contributed by atoms with Crippen LogP contribution in [-0.2, 0) is 4.79 Å². The molecule has 2 unspecified atom stereocenters. The minimum atomic E-state index is 0. The maximum Gasteiger partial charge on any atom is 0.221 e. The number of hydrogen-bond donors (Lipinski definition) is 2. The third-order valence-electron chi connectivity index (χ3n) is 4.78. The molecule has 2 aromatic carbocycles. The molecule has 2 aromatic rings. The van der Waals surface area contributed by atoms with E-state index in [1.165, 1.54) is 11.1 Å². The van der Waals surface area contributed by atoms with Gasteiger partial charge < -0.3 is 10.6 Å². The predicted molar refractivity (Wildman–Crippen MR) is 105 cm³/mol. The Morgan fingerprint density at radius 1 is 1.08 bits per heavy atom. The molecular weight excluding hydrogens is 332 g/mol. The molecule has 1 aliphatic rings. The predicted octanol–water partition coefficient (Wildman–Crippen LogP) is 3.89. The highest BCUT2D eigenvalue weighted by atomic mass is 35.5. The lowest BCUT2D eigenvalue weighted by Gasteiger charge is -2.29. The second kappa shape index (κ2) is 9.59. The number of halogens is 1. The van der Waals surface area contributed by atoms with E-state index in [0.717, 1.165) is 19.4 Å². The van der Waals surface area contributed by atoms with E-state index in [9.17, 15) is 4.79 Å². The van der Waals surface area contributed by atoms with Crippen molar-refractivity contribution in [3.63, 3.8) is 0 Å². The first kappa shape index (κ1) is 19.5. The zero-order valence-corrected chi connectivity index (χ0v) is 15.5. The third-order valence-corrected chi connectivity index (χ3v) is 4.78. The highest BCUT2D eigenvalue weighted by Gasteiger charge is 2.23. The number of carbonyl (C=O) groups is 1. The molecule has 0 spiro atoms. The molecule has 3 rings (SSSR count). The van der Waals surface area contributed by atoms with Crippen LogP contribution in [0.25, 0.3) is 0 Å². The average molecular weight is 359 g/mol. The van der Waals surface area contributed by atoms with Crippen molar-refractivity contribution >= 4 is 18.3 Å². The van der Waals surface area contributed by atoms with Crippen molar-refractivity contribution in [3.8, 4) is 0 Å². The van der Waals surface area contributed by atoms with Crippen LogP contribution in [0.3, 0.4) is 0 Å². The lowest BCUT2D eigenvalue weighted by Crippen LogP contribution is -2.46. The van der Waals surface area contributed by atoms with Crippen LogP contribution >= 0.6 is 12.4 Å². The van der Waals surface area contributed by atoms with E-state index >= 15 is 0 Å². The molecule has 1 heterocycles. The molecule has 0 saturated carbocycles. The fraction of sp³-hybridized carbons (Fsp3) is 0.381. The average Bonchev–Trinajstić information content (AvgIpc) is 2.61. The van der Waals surface area contributed by atoms with Gasteiger partial charge >= 0.3 is 0 Å². The van der Waals surface area contributed by atoms with Crippen molar-refractivity contribution in [2.24, 2.45) is 0 Å². The summed E-state index contributed by atoms with van der Waals surface area (Å²) >= 11 is 0. The summed E-state index contributed by atoms with van der Waals surface area (Å²) in [5, 5.41) is 6.67. The Hall–Kier alpha value is -1.84. The van der Waals surface area contributed by atoms with E-state index in [2.05, 4.69) is 41.8 Å². The molecule has 1 amide bonds. The summed E-state index contributed by atoms with van der Waals surface area (Å²) in [6, 6.07) is 21.4. The SMILES string of the molecule is CC1CC(NC(=O)CC(c2ccccc2)c2ccccc2)CCN1.Cl. The van der Waals surface area contributed by atoms with Crippen LogP contribution in [0, 0.1) is 0 Å². The van der Waals surface area contributed by atoms with Gasteiger partial charge in [0.25, 0.3) is 0 Å². The molecule has 0 aromatic heterocycles. The summed E-state index contributed by atoms with van der Waals surface area (Å²) in [7, 11) is 0. The van der Waals surface area contributed by atoms with Gasteiger partial charge in [-0.25, -0.2) is 0 Å². The third kappa shape index (κ3) is 5.58. The molecule has 0 bridgehead atoms. The lowest BCUT2D eigenvalue weighted by molar-refractivity contribution is -0.122. The molecular formula is C21H27ClN2O. The molecule has 25 heavy (non-hydrogen) atoms. The number of piperidine rings is 1. The van der Waals surface area contributed by atoms with Crippen LogP contribution in [0.1, 0.15) is 43.2 Å². The Balaban J connectivity index is 0.00000225. The van der Waals surface area contributed by atoms with Crippen molar-refractivity contribution < 1.29 is 4.79 Å². The minimum absolute atomic E-state index is 0. The van der Waals surface area contributed by atoms with Crippen molar-refractivity contribution in [2.75, 3.05) is 6.54 Å². The number of hydrogen-bond acceptors (Lipinski definition) is 2. The fourth-order valence-corrected chi connectivity index (χ4v) is 3.53. The first-order valence-corrected chi connectivity index (χ1v) is 8.85. The second-order valence-electron chi connectivity index (χ2n) is 6.72. The number of rotatable bonds is 5. The molecule has 2 atom stereocenters. The van der Waals surface area contributed by atoms with Crippen molar-refractivity contribution in [1.29, 1.82) is 0 Å². The number of carbonyl (C=O) groups excluding carboxylic acids is 1. The zero-order chi connectivity index (χ0) is 16.8. The Morgan fingerprint density at radius 3 is 2.16 bits per heavy atom. The molecule has 3 nitrogen and oxygen atoms in total. The van der Waals surface area contributed by atoms with Gasteiger partial charge in [0.1, 0.15) is 0 Å². The van der Waals surface area contributed by atoms with Gasteiger partial charge in [0.15, 0.2) is 0 Å². The van der Waals surface area contributed by atoms with Gasteiger partial charge in [-0.2, -0.15) is 0 Å². The maximum atomic E-state index is 12.6. The number of nitrogens with one attached hydrogen (secondary N) is 2. The van der Waals surface area contributed by atoms with Crippen molar-refractivity contribution in [1.82, 2.24) is 10.6 Å². The van der Waals surface area contributed by atoms with Crippen LogP contribution in [-0.4, -0.2) is 24.5 Å². The molecule has 134 valence electrons. The Labute approximate surface area is 156 Å². The molecule has 1 aliphatic heterocycles. The normalized spacial score (nSPS) is 19.9. The minimum Gasteiger partial charge on any atom is -0.353 e. The monoisotopic (exact) mass is 358 g/mol. The highest BCUT2D eigenvalue weighted by molar-refractivity contribution is 5.85. The highest BCUT2D eigenvalue weighted by Crippen LogP contribution is 2.28. The molecule has 4 heteroatoms. The summed E-state index contributed by atoms with van der Waals surface area (Å²) in [4.78, 5) is 12.6. The van der Waals surface area contributed by atoms with Gasteiger partial charge in [0, 0.05) is 24.4 Å². The van der Waals surface area contributed by atoms with Crippen LogP contribution < -0.4 is 10.6 Å². The van der Waals surface area contributed by atoms with Gasteiger partial charge in [0.2, 0.25) is 5.91 Å². The Morgan fingerprint density at radius 2 is 1.64 bits per heavy atom. The van der Waals surface area contributed by atoms with E-state index in [0.29, 0.717) is 18.5 Å². The summed E-state index contributed by atoms with van der Waals surface area (Å²) < 4.78 is 0. The van der Waals surface area contributed by atoms with Crippen LogP contribution in [0.15, 0.2) is 60.7 Å². The van der Waals surface area contributed by atoms with Gasteiger partial charge in [-0.15, -0.1) is 12.4 Å². The Kier molecular flexibility index (Phi) is 7.48. The molecule has 1 fully saturated rings. The van der Waals surface area contributed by atoms with Gasteiger partial charge in [-0.1, -0.05) is 60.7 Å². The van der Waals surface area contributed by atoms with Crippen LogP contribution in [0.2, 0.25) is 0 Å². The van der Waals surface area contributed by atoms with Gasteiger partial charge in [0.05, 0.1) is 0 Å². The topological polar surface area (TPSA) is 41.1 Å². The summed E-state index contributed by atoms with van der Waals surface area (Å²) in [6.45, 7) is 3.15. The van der Waals surface area contributed by atoms with Crippen molar-refractivity contribution in [3.05, 3.63) is 71.8 Å². The molecule has 1 saturated heterocycles. The van der Waals surface area contributed by atoms with E-state index in [1.54, 1.807) is 0 Å². The number of benzene rings is 2. The smallest absolute Gasteiger partial charge is 0.221 e. The van der Waals surface area contributed by atoms with E-state index < -0.39 is 0 Å². The van der Waals surface area contributed by atoms with Crippen LogP contribution in [0.5, 0.6) is 0 Å². The van der Waals surface area contributed by atoms with E-state index in [-0.39, 0.29) is 24.2 Å². The van der Waals surface area contributed by atoms with E-state index in [4.69, 9.17) is 0 Å². The maximum absolute atomic E-state index is 12.6. The zero-order valence-electron chi connectivity index (χ0n) is 14.7. The quantitative estimate of drug-likeness (QED) is 0.851. The fourth-order valence-electron chi connectivity index (χ4n) is 3.53. The summed E-state index contributed by atoms with van der Waals surface area (Å²) in [5.41, 5.74) is 2.38. The molecule has 0 aliphatic carbocycles. The van der Waals surface area contributed by atoms with E-state index in [1.807, 2.05) is 36.4 Å². The second-order valence-corrected chi connectivity index (χ2v) is 6.72. The summed E-state index contributed by atoms with van der Waals surface area (Å²) in [5.74, 6) is 0.248. The van der Waals surface area contributed by atoms with Crippen LogP contribution in [0.4, 0.5) is 0 Å². The standard InChI is InChI=1S/C21H26N2O.ClH/c1-16-14-19(12-13-22-16)23-21(24)15-20(17-8-4-2-5-9-17)18-10-6-3-7-11-18;/h2-11,16,19-20,22H,12-15H2,1H3,(H,23,24);1H. The first-order valence-electron chi connectivity index (χ1n) is 8.85. The van der Waals surface area contributed by atoms with Crippen molar-refractivity contribution in [2.45, 2.75) is 44.2 Å². The number of amides is 1. The lowest BCUT2D eigenvalue weighted by atomic mass is 9.88. The van der Waals surface area contributed by atoms with Gasteiger partial charge in [-0.3, -0.25) is 4.79 Å². The first-order chi connectivity index (χ1) is 11.7. The molecule has 0 radical (unpaired) electrons. The van der Waals surface area contributed by atoms with Gasteiger partial charge in [-0.05, 0) is 37.4 Å². The largest absolute Gasteiger partial charge is 0.353 e. The molecule has 2 N–H and O–H groups in total. The summed E-state index contributed by atoms with van der Waals surface area (Å²) in [6.07, 6.45) is 2.51.